The number of hydrogen-bond acceptors (Lipinski definition) is 3. The second kappa shape index (κ2) is 6.03. The van der Waals surface area contributed by atoms with E-state index in [2.05, 4.69) is 10.1 Å². The molecule has 24 heavy (non-hydrogen) atoms. The van der Waals surface area contributed by atoms with E-state index in [-0.39, 0.29) is 11.5 Å². The van der Waals surface area contributed by atoms with Gasteiger partial charge in [-0.1, -0.05) is 26.0 Å². The predicted molar refractivity (Wildman–Crippen MR) is 88.6 cm³/mol. The van der Waals surface area contributed by atoms with Gasteiger partial charge >= 0.3 is 5.97 Å². The first-order chi connectivity index (χ1) is 11.4. The lowest BCUT2D eigenvalue weighted by atomic mass is 10.1. The van der Waals surface area contributed by atoms with Crippen molar-refractivity contribution >= 4 is 11.6 Å². The summed E-state index contributed by atoms with van der Waals surface area (Å²) in [6.45, 7) is 5.77. The lowest BCUT2D eigenvalue weighted by molar-refractivity contribution is 0.0690. The molecule has 124 valence electrons. The van der Waals surface area contributed by atoms with E-state index in [0.717, 1.165) is 5.69 Å². The monoisotopic (exact) mass is 327 g/mol. The summed E-state index contributed by atoms with van der Waals surface area (Å²) < 4.78 is 16.0. The van der Waals surface area contributed by atoms with Crippen molar-refractivity contribution in [3.8, 4) is 11.3 Å². The zero-order chi connectivity index (χ0) is 17.4. The third-order valence-electron chi connectivity index (χ3n) is 3.81. The molecule has 1 N–H and O–H groups in total. The van der Waals surface area contributed by atoms with Crippen LogP contribution in [0, 0.1) is 18.7 Å². The molecular formula is C18H18FN3O2. The van der Waals surface area contributed by atoms with Crippen LogP contribution >= 0.6 is 0 Å². The number of fused-ring (bicyclic) bond motifs is 1. The van der Waals surface area contributed by atoms with Crippen LogP contribution in [0.4, 0.5) is 4.39 Å². The first kappa shape index (κ1) is 16.1. The lowest BCUT2D eigenvalue weighted by Crippen LogP contribution is -2.09. The maximum atomic E-state index is 14.4. The van der Waals surface area contributed by atoms with Crippen LogP contribution < -0.4 is 0 Å². The van der Waals surface area contributed by atoms with E-state index in [1.54, 1.807) is 35.7 Å². The SMILES string of the molecule is Cc1cccc(-c2cc3nc(C(=O)O)cc(CC(C)C)n3n2)c1F. The quantitative estimate of drug-likeness (QED) is 0.792. The number of aromatic carboxylic acids is 1. The molecule has 0 aliphatic rings. The van der Waals surface area contributed by atoms with Crippen molar-refractivity contribution in [2.24, 2.45) is 5.92 Å². The van der Waals surface area contributed by atoms with Crippen LogP contribution in [0.2, 0.25) is 0 Å². The van der Waals surface area contributed by atoms with Crippen molar-refractivity contribution in [2.45, 2.75) is 27.2 Å². The Morgan fingerprint density at radius 1 is 1.33 bits per heavy atom. The van der Waals surface area contributed by atoms with Gasteiger partial charge in [-0.25, -0.2) is 18.7 Å². The number of carboxylic acids is 1. The number of aryl methyl sites for hydroxylation is 1. The third-order valence-corrected chi connectivity index (χ3v) is 3.81. The van der Waals surface area contributed by atoms with Crippen LogP contribution in [0.25, 0.3) is 16.9 Å². The van der Waals surface area contributed by atoms with Gasteiger partial charge in [0.05, 0.1) is 5.69 Å². The van der Waals surface area contributed by atoms with Gasteiger partial charge in [0, 0.05) is 17.3 Å². The summed E-state index contributed by atoms with van der Waals surface area (Å²) in [6.07, 6.45) is 0.650. The molecule has 0 saturated carbocycles. The molecule has 5 nitrogen and oxygen atoms in total. The fourth-order valence-corrected chi connectivity index (χ4v) is 2.69. The van der Waals surface area contributed by atoms with E-state index < -0.39 is 5.97 Å². The zero-order valence-electron chi connectivity index (χ0n) is 13.7. The van der Waals surface area contributed by atoms with Crippen molar-refractivity contribution in [2.75, 3.05) is 0 Å². The molecule has 2 aromatic heterocycles. The summed E-state index contributed by atoms with van der Waals surface area (Å²) in [6, 6.07) is 8.26. The Balaban J connectivity index is 2.23. The number of nitrogens with zero attached hydrogens (tertiary/aromatic N) is 3. The molecule has 1 aromatic carbocycles. The van der Waals surface area contributed by atoms with Crippen LogP contribution in [0.3, 0.4) is 0 Å². The van der Waals surface area contributed by atoms with Crippen molar-refractivity contribution in [1.82, 2.24) is 14.6 Å². The highest BCUT2D eigenvalue weighted by molar-refractivity contribution is 5.86. The van der Waals surface area contributed by atoms with Gasteiger partial charge in [0.15, 0.2) is 11.3 Å². The van der Waals surface area contributed by atoms with Gasteiger partial charge in [-0.15, -0.1) is 0 Å². The number of carbonyl (C=O) groups is 1. The van der Waals surface area contributed by atoms with E-state index in [4.69, 9.17) is 0 Å². The van der Waals surface area contributed by atoms with Crippen molar-refractivity contribution in [3.63, 3.8) is 0 Å². The summed E-state index contributed by atoms with van der Waals surface area (Å²) in [5.41, 5.74) is 2.47. The molecule has 0 unspecified atom stereocenters. The van der Waals surface area contributed by atoms with Crippen molar-refractivity contribution in [1.29, 1.82) is 0 Å². The number of aromatic nitrogens is 3. The molecule has 3 aromatic rings. The van der Waals surface area contributed by atoms with E-state index in [9.17, 15) is 14.3 Å². The highest BCUT2D eigenvalue weighted by Gasteiger charge is 2.17. The second-order valence-corrected chi connectivity index (χ2v) is 6.27. The molecule has 3 rings (SSSR count). The number of carboxylic acid groups (broad SMARTS) is 1. The second-order valence-electron chi connectivity index (χ2n) is 6.27. The average Bonchev–Trinajstić information content (AvgIpc) is 2.93. The van der Waals surface area contributed by atoms with E-state index >= 15 is 0 Å². The van der Waals surface area contributed by atoms with Crippen LogP contribution in [-0.2, 0) is 6.42 Å². The minimum Gasteiger partial charge on any atom is -0.477 e. The number of halogens is 1. The molecule has 0 saturated heterocycles. The van der Waals surface area contributed by atoms with Gasteiger partial charge in [-0.2, -0.15) is 5.10 Å². The average molecular weight is 327 g/mol. The maximum absolute atomic E-state index is 14.4. The van der Waals surface area contributed by atoms with Crippen LogP contribution in [0.1, 0.15) is 35.6 Å². The number of hydrogen-bond donors (Lipinski definition) is 1. The summed E-state index contributed by atoms with van der Waals surface area (Å²) in [4.78, 5) is 15.4. The minimum atomic E-state index is -1.09. The fourth-order valence-electron chi connectivity index (χ4n) is 2.69. The highest BCUT2D eigenvalue weighted by Crippen LogP contribution is 2.25. The molecule has 0 atom stereocenters. The smallest absolute Gasteiger partial charge is 0.354 e. The predicted octanol–water partition coefficient (Wildman–Crippen LogP) is 3.74. The summed E-state index contributed by atoms with van der Waals surface area (Å²) in [7, 11) is 0. The number of rotatable bonds is 4. The minimum absolute atomic E-state index is 0.0330. The van der Waals surface area contributed by atoms with Crippen LogP contribution in [-0.4, -0.2) is 25.7 Å². The van der Waals surface area contributed by atoms with Gasteiger partial charge in [-0.3, -0.25) is 0 Å². The Hall–Kier alpha value is -2.76. The van der Waals surface area contributed by atoms with Gasteiger partial charge in [-0.05, 0) is 37.0 Å². The van der Waals surface area contributed by atoms with Gasteiger partial charge < -0.3 is 5.11 Å². The van der Waals surface area contributed by atoms with Crippen LogP contribution in [0.15, 0.2) is 30.3 Å². The van der Waals surface area contributed by atoms with Crippen molar-refractivity contribution < 1.29 is 14.3 Å². The van der Waals surface area contributed by atoms with Gasteiger partial charge in [0.2, 0.25) is 0 Å². The van der Waals surface area contributed by atoms with E-state index in [1.807, 2.05) is 13.8 Å². The Bertz CT molecular complexity index is 931. The number of benzene rings is 1. The molecule has 0 fully saturated rings. The Kier molecular flexibility index (Phi) is 4.05. The molecule has 0 radical (unpaired) electrons. The fraction of sp³-hybridized carbons (Fsp3) is 0.278. The first-order valence-electron chi connectivity index (χ1n) is 7.75. The Labute approximate surface area is 138 Å². The van der Waals surface area contributed by atoms with Crippen LogP contribution in [0.5, 0.6) is 0 Å². The van der Waals surface area contributed by atoms with E-state index in [0.29, 0.717) is 34.8 Å². The van der Waals surface area contributed by atoms with Gasteiger partial charge in [0.1, 0.15) is 5.82 Å². The Morgan fingerprint density at radius 3 is 2.75 bits per heavy atom. The standard InChI is InChI=1S/C18H18FN3O2/c1-10(2)7-12-8-15(18(23)24)20-16-9-14(21-22(12)16)13-6-4-5-11(3)17(13)19/h4-6,8-10H,7H2,1-3H3,(H,23,24). The van der Waals surface area contributed by atoms with Crippen molar-refractivity contribution in [3.05, 3.63) is 53.1 Å². The molecule has 6 heteroatoms. The largest absolute Gasteiger partial charge is 0.477 e. The first-order valence-corrected chi connectivity index (χ1v) is 7.75. The molecule has 0 aliphatic heterocycles. The lowest BCUT2D eigenvalue weighted by Gasteiger charge is -2.08. The van der Waals surface area contributed by atoms with E-state index in [1.165, 1.54) is 6.07 Å². The summed E-state index contributed by atoms with van der Waals surface area (Å²) >= 11 is 0. The third kappa shape index (κ3) is 2.87. The highest BCUT2D eigenvalue weighted by atomic mass is 19.1. The summed E-state index contributed by atoms with van der Waals surface area (Å²) in [5.74, 6) is -1.10. The zero-order valence-corrected chi connectivity index (χ0v) is 13.7. The Morgan fingerprint density at radius 2 is 2.08 bits per heavy atom. The molecule has 0 spiro atoms. The molecule has 0 aliphatic carbocycles. The molecule has 0 amide bonds. The normalized spacial score (nSPS) is 11.4. The van der Waals surface area contributed by atoms with Gasteiger partial charge in [0.25, 0.3) is 0 Å². The topological polar surface area (TPSA) is 67.5 Å². The molecular weight excluding hydrogens is 309 g/mol. The molecule has 2 heterocycles. The maximum Gasteiger partial charge on any atom is 0.354 e. The summed E-state index contributed by atoms with van der Waals surface area (Å²) in [5, 5.41) is 13.7. The molecule has 0 bridgehead atoms.